The molecule has 1 amide bonds. The Morgan fingerprint density at radius 1 is 1.15 bits per heavy atom. The number of fused-ring (bicyclic) bond motifs is 1. The van der Waals surface area contributed by atoms with E-state index in [2.05, 4.69) is 5.32 Å². The molecule has 1 aromatic heterocycles. The number of hydrogen-bond acceptors (Lipinski definition) is 7. The summed E-state index contributed by atoms with van der Waals surface area (Å²) in [5, 5.41) is 2.96. The number of nitrogens with zero attached hydrogens (tertiary/aromatic N) is 2. The smallest absolute Gasteiger partial charge is 0.411 e. The van der Waals surface area contributed by atoms with Crippen LogP contribution >= 0.6 is 11.6 Å². The summed E-state index contributed by atoms with van der Waals surface area (Å²) in [6.07, 6.45) is -3.42. The van der Waals surface area contributed by atoms with Crippen LogP contribution in [0.5, 0.6) is 5.75 Å². The molecule has 1 N–H and O–H groups in total. The van der Waals surface area contributed by atoms with Gasteiger partial charge < -0.3 is 29.0 Å². The van der Waals surface area contributed by atoms with Gasteiger partial charge in [-0.05, 0) is 61.6 Å². The van der Waals surface area contributed by atoms with Gasteiger partial charge in [0.05, 0.1) is 43.1 Å². The maximum absolute atomic E-state index is 15.5. The van der Waals surface area contributed by atoms with Crippen molar-refractivity contribution in [3.8, 4) is 16.9 Å². The molecule has 0 aliphatic carbocycles. The fourth-order valence-electron chi connectivity index (χ4n) is 6.06. The molecule has 2 aliphatic rings. The minimum absolute atomic E-state index is 0.0292. The molecule has 1 saturated heterocycles. The van der Waals surface area contributed by atoms with Gasteiger partial charge in [0.25, 0.3) is 11.5 Å². The third kappa shape index (κ3) is 6.82. The Morgan fingerprint density at radius 3 is 2.57 bits per heavy atom. The van der Waals surface area contributed by atoms with Gasteiger partial charge >= 0.3 is 12.1 Å². The summed E-state index contributed by atoms with van der Waals surface area (Å²) >= 11 is 6.40. The Hall–Kier alpha value is -4.10. The van der Waals surface area contributed by atoms with Gasteiger partial charge in [0.2, 0.25) is 0 Å². The quantitative estimate of drug-likeness (QED) is 0.275. The molecule has 3 aromatic rings. The maximum Gasteiger partial charge on any atom is 0.411 e. The van der Waals surface area contributed by atoms with Crippen LogP contribution in [0.15, 0.2) is 35.1 Å². The van der Waals surface area contributed by atoms with Crippen LogP contribution in [-0.4, -0.2) is 68.2 Å². The number of nitrogens with one attached hydrogen (secondary N) is 1. The number of pyridine rings is 1. The first-order valence-corrected chi connectivity index (χ1v) is 15.3. The first-order chi connectivity index (χ1) is 22.2. The number of amides is 1. The van der Waals surface area contributed by atoms with Crippen LogP contribution in [0.25, 0.3) is 11.1 Å². The molecule has 0 radical (unpaired) electrons. The number of rotatable bonds is 7. The van der Waals surface area contributed by atoms with Crippen LogP contribution in [0.1, 0.15) is 39.2 Å². The highest BCUT2D eigenvalue weighted by Crippen LogP contribution is 2.39. The van der Waals surface area contributed by atoms with Crippen molar-refractivity contribution in [3.63, 3.8) is 0 Å². The number of carbonyl (C=O) groups excluding carboxylic acids is 2. The molecule has 252 valence electrons. The zero-order chi connectivity index (χ0) is 34.2. The van der Waals surface area contributed by atoms with Gasteiger partial charge in [-0.3, -0.25) is 9.59 Å². The molecule has 0 spiro atoms. The molecule has 2 aromatic carbocycles. The standard InChI is InChI=1S/C33H34ClF4N3O6/c1-17-12-20(41-9-11-46-16-27(41)33(36,37)38)14-25(35)28(17)30(42)39-26(32(44)45-4)13-19-7-8-22(29-21(19)6-5-10-47-29)23-15-24(34)18(2)40(3)31(23)43/h7-8,12,14-15,26-27H,5-6,9-11,13,16H2,1-4H3,(H,39,42)/t26-,27+/m0/s1. The summed E-state index contributed by atoms with van der Waals surface area (Å²) in [6, 6.07) is 3.99. The van der Waals surface area contributed by atoms with Crippen LogP contribution < -0.4 is 20.5 Å². The molecule has 5 rings (SSSR count). The second-order valence-corrected chi connectivity index (χ2v) is 12.0. The number of aryl methyl sites for hydroxylation is 1. The number of ether oxygens (including phenoxy) is 3. The van der Waals surface area contributed by atoms with E-state index in [1.165, 1.54) is 17.6 Å². The monoisotopic (exact) mass is 679 g/mol. The normalized spacial score (nSPS) is 17.0. The highest BCUT2D eigenvalue weighted by Gasteiger charge is 2.45. The summed E-state index contributed by atoms with van der Waals surface area (Å²) in [6.45, 7) is 2.87. The number of halogens is 5. The molecule has 14 heteroatoms. The van der Waals surface area contributed by atoms with Gasteiger partial charge in [-0.1, -0.05) is 23.7 Å². The van der Waals surface area contributed by atoms with E-state index in [4.69, 9.17) is 25.8 Å². The van der Waals surface area contributed by atoms with Crippen LogP contribution in [0.4, 0.5) is 23.2 Å². The predicted octanol–water partition coefficient (Wildman–Crippen LogP) is 5.07. The summed E-state index contributed by atoms with van der Waals surface area (Å²) in [7, 11) is 2.78. The highest BCUT2D eigenvalue weighted by atomic mass is 35.5. The summed E-state index contributed by atoms with van der Waals surface area (Å²) in [5.41, 5.74) is 2.25. The fourth-order valence-corrected chi connectivity index (χ4v) is 6.30. The van der Waals surface area contributed by atoms with E-state index in [0.717, 1.165) is 23.6 Å². The average Bonchev–Trinajstić information content (AvgIpc) is 3.04. The largest absolute Gasteiger partial charge is 0.493 e. The van der Waals surface area contributed by atoms with Crippen molar-refractivity contribution >= 4 is 29.2 Å². The molecule has 3 heterocycles. The third-order valence-electron chi connectivity index (χ3n) is 8.67. The van der Waals surface area contributed by atoms with E-state index in [-0.39, 0.29) is 36.4 Å². The lowest BCUT2D eigenvalue weighted by Crippen LogP contribution is -2.53. The molecular weight excluding hydrogens is 646 g/mol. The number of hydrogen-bond donors (Lipinski definition) is 1. The minimum Gasteiger partial charge on any atom is -0.493 e. The Balaban J connectivity index is 1.45. The fraction of sp³-hybridized carbons (Fsp3) is 0.424. The van der Waals surface area contributed by atoms with Crippen molar-refractivity contribution in [3.05, 3.63) is 79.5 Å². The minimum atomic E-state index is -4.61. The number of esters is 1. The lowest BCUT2D eigenvalue weighted by Gasteiger charge is -2.38. The zero-order valence-electron chi connectivity index (χ0n) is 26.2. The number of morpholine rings is 1. The second-order valence-electron chi connectivity index (χ2n) is 11.6. The third-order valence-corrected chi connectivity index (χ3v) is 9.05. The highest BCUT2D eigenvalue weighted by molar-refractivity contribution is 6.31. The number of benzene rings is 2. The molecule has 47 heavy (non-hydrogen) atoms. The van der Waals surface area contributed by atoms with Gasteiger partial charge in [0, 0.05) is 37.0 Å². The number of aromatic nitrogens is 1. The zero-order valence-corrected chi connectivity index (χ0v) is 27.0. The van der Waals surface area contributed by atoms with Crippen molar-refractivity contribution in [2.45, 2.75) is 51.4 Å². The Labute approximate surface area is 273 Å². The number of methoxy groups -OCH3 is 1. The predicted molar refractivity (Wildman–Crippen MR) is 167 cm³/mol. The average molecular weight is 680 g/mol. The van der Waals surface area contributed by atoms with Crippen molar-refractivity contribution in [1.29, 1.82) is 0 Å². The molecule has 2 aliphatic heterocycles. The molecule has 0 unspecified atom stereocenters. The molecule has 0 bridgehead atoms. The summed E-state index contributed by atoms with van der Waals surface area (Å²) in [5.74, 6) is -2.29. The first kappa shape index (κ1) is 34.2. The van der Waals surface area contributed by atoms with Crippen molar-refractivity contribution in [2.24, 2.45) is 7.05 Å². The van der Waals surface area contributed by atoms with Gasteiger partial charge in [0.15, 0.2) is 0 Å². The topological polar surface area (TPSA) is 99.1 Å². The number of alkyl halides is 3. The van der Waals surface area contributed by atoms with Crippen LogP contribution in [0.3, 0.4) is 0 Å². The van der Waals surface area contributed by atoms with Crippen molar-refractivity contribution < 1.29 is 41.4 Å². The van der Waals surface area contributed by atoms with E-state index in [0.29, 0.717) is 52.6 Å². The molecular formula is C33H34ClF4N3O6. The van der Waals surface area contributed by atoms with E-state index in [1.54, 1.807) is 32.2 Å². The molecule has 2 atom stereocenters. The molecule has 0 saturated carbocycles. The van der Waals surface area contributed by atoms with Crippen LogP contribution in [0.2, 0.25) is 5.02 Å². The summed E-state index contributed by atoms with van der Waals surface area (Å²) in [4.78, 5) is 40.5. The first-order valence-electron chi connectivity index (χ1n) is 15.0. The van der Waals surface area contributed by atoms with Gasteiger partial charge in [-0.15, -0.1) is 0 Å². The van der Waals surface area contributed by atoms with Gasteiger partial charge in [0.1, 0.15) is 23.7 Å². The van der Waals surface area contributed by atoms with E-state index in [9.17, 15) is 27.6 Å². The van der Waals surface area contributed by atoms with Crippen LogP contribution in [-0.2, 0) is 34.2 Å². The Kier molecular flexibility index (Phi) is 9.88. The summed E-state index contributed by atoms with van der Waals surface area (Å²) < 4.78 is 73.8. The molecule has 1 fully saturated rings. The van der Waals surface area contributed by atoms with Crippen molar-refractivity contribution in [1.82, 2.24) is 9.88 Å². The number of carbonyl (C=O) groups is 2. The van der Waals surface area contributed by atoms with Gasteiger partial charge in [-0.25, -0.2) is 9.18 Å². The second kappa shape index (κ2) is 13.6. The van der Waals surface area contributed by atoms with E-state index >= 15 is 4.39 Å². The van der Waals surface area contributed by atoms with E-state index < -0.39 is 48.1 Å². The lowest BCUT2D eigenvalue weighted by molar-refractivity contribution is -0.167. The van der Waals surface area contributed by atoms with Gasteiger partial charge in [-0.2, -0.15) is 13.2 Å². The van der Waals surface area contributed by atoms with Crippen molar-refractivity contribution in [2.75, 3.05) is 38.4 Å². The lowest BCUT2D eigenvalue weighted by atomic mass is 9.90. The maximum atomic E-state index is 15.5. The Morgan fingerprint density at radius 2 is 1.89 bits per heavy atom. The molecule has 9 nitrogen and oxygen atoms in total. The Bertz CT molecular complexity index is 1750. The van der Waals surface area contributed by atoms with E-state index in [1.807, 2.05) is 0 Å². The van der Waals surface area contributed by atoms with Crippen LogP contribution in [0, 0.1) is 19.7 Å². The SMILES string of the molecule is COC(=O)[C@H](Cc1ccc(-c2cc(Cl)c(C)n(C)c2=O)c2c1CCCO2)NC(=O)c1c(C)cc(N2CCOC[C@@H]2C(F)(F)F)cc1F. The number of anilines is 1.